The summed E-state index contributed by atoms with van der Waals surface area (Å²) in [6.45, 7) is 2.16. The molecule has 0 saturated heterocycles. The van der Waals surface area contributed by atoms with Crippen molar-refractivity contribution in [2.45, 2.75) is 6.92 Å². The van der Waals surface area contributed by atoms with E-state index < -0.39 is 0 Å². The quantitative estimate of drug-likeness (QED) is 0.636. The van der Waals surface area contributed by atoms with E-state index in [2.05, 4.69) is 30.1 Å². The van der Waals surface area contributed by atoms with Crippen molar-refractivity contribution in [3.05, 3.63) is 42.0 Å². The summed E-state index contributed by atoms with van der Waals surface area (Å²) in [5, 5.41) is 0. The van der Waals surface area contributed by atoms with Crippen LogP contribution in [0.5, 0.6) is 0 Å². The van der Waals surface area contributed by atoms with Gasteiger partial charge < -0.3 is 5.73 Å². The fourth-order valence-electron chi connectivity index (χ4n) is 2.13. The van der Waals surface area contributed by atoms with Crippen molar-refractivity contribution in [2.75, 3.05) is 5.73 Å². The van der Waals surface area contributed by atoms with Gasteiger partial charge in [0.2, 0.25) is 0 Å². The average Bonchev–Trinajstić information content (AvgIpc) is 2.58. The Hall–Kier alpha value is -1.83. The van der Waals surface area contributed by atoms with Crippen LogP contribution in [0.4, 0.5) is 11.4 Å². The zero-order valence-corrected chi connectivity index (χ0v) is 8.57. The van der Waals surface area contributed by atoms with E-state index in [9.17, 15) is 0 Å². The lowest BCUT2D eigenvalue weighted by Gasteiger charge is -2.12. The van der Waals surface area contributed by atoms with Gasteiger partial charge in [0.15, 0.2) is 0 Å². The summed E-state index contributed by atoms with van der Waals surface area (Å²) in [5.74, 6) is 0.402. The van der Waals surface area contributed by atoms with Crippen LogP contribution in [-0.4, -0.2) is 5.71 Å². The molecule has 0 amide bonds. The number of aliphatic imine (C=N–C) groups is 1. The van der Waals surface area contributed by atoms with Crippen molar-refractivity contribution in [1.82, 2.24) is 0 Å². The smallest absolute Gasteiger partial charge is 0.0714 e. The Bertz CT molecular complexity index is 521. The topological polar surface area (TPSA) is 38.4 Å². The van der Waals surface area contributed by atoms with Gasteiger partial charge in [-0.15, -0.1) is 0 Å². The molecular formula is C13H12N2. The van der Waals surface area contributed by atoms with E-state index in [4.69, 9.17) is 5.73 Å². The van der Waals surface area contributed by atoms with Gasteiger partial charge in [-0.05, 0) is 18.2 Å². The van der Waals surface area contributed by atoms with Crippen LogP contribution >= 0.6 is 0 Å². The highest BCUT2D eigenvalue weighted by molar-refractivity contribution is 6.31. The summed E-state index contributed by atoms with van der Waals surface area (Å²) in [6, 6.07) is 5.89. The molecule has 0 spiro atoms. The van der Waals surface area contributed by atoms with Crippen LogP contribution in [0.2, 0.25) is 0 Å². The second-order valence-electron chi connectivity index (χ2n) is 4.03. The molecule has 1 aliphatic carbocycles. The standard InChI is InChI=1S/C13H12N2/c1-8-3-2-4-10-11-7-9(14)5-6-12(11)15-13(8)10/h2-8H,14H2,1H3. The predicted molar refractivity (Wildman–Crippen MR) is 64.2 cm³/mol. The molecule has 1 aliphatic heterocycles. The molecule has 2 aliphatic rings. The molecule has 2 nitrogen and oxygen atoms in total. The van der Waals surface area contributed by atoms with Gasteiger partial charge in [-0.25, -0.2) is 0 Å². The average molecular weight is 196 g/mol. The Morgan fingerprint density at radius 3 is 3.07 bits per heavy atom. The van der Waals surface area contributed by atoms with Crippen molar-refractivity contribution in [3.8, 4) is 0 Å². The first-order chi connectivity index (χ1) is 7.25. The van der Waals surface area contributed by atoms with Gasteiger partial charge in [0, 0.05) is 22.7 Å². The minimum atomic E-state index is 0.402. The highest BCUT2D eigenvalue weighted by Gasteiger charge is 2.25. The Morgan fingerprint density at radius 2 is 2.20 bits per heavy atom. The molecule has 15 heavy (non-hydrogen) atoms. The van der Waals surface area contributed by atoms with E-state index in [1.54, 1.807) is 0 Å². The largest absolute Gasteiger partial charge is 0.399 e. The molecule has 3 rings (SSSR count). The van der Waals surface area contributed by atoms with Crippen molar-refractivity contribution in [1.29, 1.82) is 0 Å². The molecule has 1 atom stereocenters. The van der Waals surface area contributed by atoms with E-state index >= 15 is 0 Å². The summed E-state index contributed by atoms with van der Waals surface area (Å²) in [6.07, 6.45) is 6.37. The molecular weight excluding hydrogens is 184 g/mol. The minimum absolute atomic E-state index is 0.402. The number of hydrogen-bond donors (Lipinski definition) is 1. The molecule has 0 radical (unpaired) electrons. The lowest BCUT2D eigenvalue weighted by molar-refractivity contribution is 1.00. The van der Waals surface area contributed by atoms with E-state index in [-0.39, 0.29) is 0 Å². The number of nitrogen functional groups attached to an aromatic ring is 1. The third-order valence-electron chi connectivity index (χ3n) is 2.92. The van der Waals surface area contributed by atoms with Crippen LogP contribution in [0.1, 0.15) is 12.5 Å². The van der Waals surface area contributed by atoms with Gasteiger partial charge in [0.05, 0.1) is 11.4 Å². The molecule has 0 saturated carbocycles. The predicted octanol–water partition coefficient (Wildman–Crippen LogP) is 2.94. The van der Waals surface area contributed by atoms with Crippen molar-refractivity contribution in [2.24, 2.45) is 10.9 Å². The molecule has 74 valence electrons. The van der Waals surface area contributed by atoms with Gasteiger partial charge >= 0.3 is 0 Å². The number of anilines is 1. The molecule has 2 N–H and O–H groups in total. The number of allylic oxidation sites excluding steroid dienone is 4. The van der Waals surface area contributed by atoms with Crippen molar-refractivity contribution < 1.29 is 0 Å². The van der Waals surface area contributed by atoms with E-state index in [1.807, 2.05) is 18.2 Å². The van der Waals surface area contributed by atoms with Crippen LogP contribution in [0.15, 0.2) is 41.4 Å². The molecule has 0 bridgehead atoms. The van der Waals surface area contributed by atoms with Crippen LogP contribution in [-0.2, 0) is 0 Å². The summed E-state index contributed by atoms with van der Waals surface area (Å²) in [4.78, 5) is 4.64. The molecule has 0 fully saturated rings. The maximum absolute atomic E-state index is 5.79. The summed E-state index contributed by atoms with van der Waals surface area (Å²) < 4.78 is 0. The van der Waals surface area contributed by atoms with Crippen molar-refractivity contribution >= 4 is 22.7 Å². The van der Waals surface area contributed by atoms with Gasteiger partial charge in [-0.3, -0.25) is 4.99 Å². The summed E-state index contributed by atoms with van der Waals surface area (Å²) in [5.41, 5.74) is 11.2. The normalized spacial score (nSPS) is 21.8. The Balaban J connectivity index is 2.22. The lowest BCUT2D eigenvalue weighted by atomic mass is 9.90. The van der Waals surface area contributed by atoms with Crippen LogP contribution < -0.4 is 5.73 Å². The first-order valence-electron chi connectivity index (χ1n) is 5.13. The number of nitrogens with two attached hydrogens (primary N) is 1. The van der Waals surface area contributed by atoms with Crippen LogP contribution in [0, 0.1) is 5.92 Å². The third kappa shape index (κ3) is 1.14. The molecule has 0 aromatic heterocycles. The second kappa shape index (κ2) is 2.83. The number of benzene rings is 1. The maximum atomic E-state index is 5.79. The zero-order chi connectivity index (χ0) is 10.4. The molecule has 1 unspecified atom stereocenters. The number of nitrogens with zero attached hydrogens (tertiary/aromatic N) is 1. The molecule has 1 heterocycles. The first-order valence-corrected chi connectivity index (χ1v) is 5.13. The lowest BCUT2D eigenvalue weighted by Crippen LogP contribution is -2.10. The Morgan fingerprint density at radius 1 is 1.33 bits per heavy atom. The zero-order valence-electron chi connectivity index (χ0n) is 8.57. The molecule has 1 aromatic rings. The highest BCUT2D eigenvalue weighted by Crippen LogP contribution is 2.39. The number of rotatable bonds is 0. The second-order valence-corrected chi connectivity index (χ2v) is 4.03. The minimum Gasteiger partial charge on any atom is -0.399 e. The number of fused-ring (bicyclic) bond motifs is 3. The van der Waals surface area contributed by atoms with Gasteiger partial charge in [0.1, 0.15) is 0 Å². The van der Waals surface area contributed by atoms with Gasteiger partial charge in [0.25, 0.3) is 0 Å². The third-order valence-corrected chi connectivity index (χ3v) is 2.92. The number of hydrogen-bond acceptors (Lipinski definition) is 2. The monoisotopic (exact) mass is 196 g/mol. The Labute approximate surface area is 88.8 Å². The summed E-state index contributed by atoms with van der Waals surface area (Å²) >= 11 is 0. The van der Waals surface area contributed by atoms with E-state index in [0.29, 0.717) is 5.92 Å². The highest BCUT2D eigenvalue weighted by atomic mass is 14.8. The fourth-order valence-corrected chi connectivity index (χ4v) is 2.13. The van der Waals surface area contributed by atoms with E-state index in [1.165, 1.54) is 11.1 Å². The van der Waals surface area contributed by atoms with Gasteiger partial charge in [-0.2, -0.15) is 0 Å². The fraction of sp³-hybridized carbons (Fsp3) is 0.154. The van der Waals surface area contributed by atoms with E-state index in [0.717, 1.165) is 17.1 Å². The molecule has 1 aromatic carbocycles. The molecule has 2 heteroatoms. The van der Waals surface area contributed by atoms with Crippen LogP contribution in [0.25, 0.3) is 5.57 Å². The van der Waals surface area contributed by atoms with Crippen LogP contribution in [0.3, 0.4) is 0 Å². The van der Waals surface area contributed by atoms with Gasteiger partial charge in [-0.1, -0.05) is 25.2 Å². The maximum Gasteiger partial charge on any atom is 0.0714 e. The SMILES string of the molecule is CC1C=CC=C2C1=Nc1ccc(N)cc12. The first kappa shape index (κ1) is 8.48. The summed E-state index contributed by atoms with van der Waals surface area (Å²) in [7, 11) is 0. The Kier molecular flexibility index (Phi) is 1.60. The van der Waals surface area contributed by atoms with Crippen molar-refractivity contribution in [3.63, 3.8) is 0 Å².